The molecule has 1 rings (SSSR count). The molecular weight excluding hydrogens is 250 g/mol. The molecule has 1 unspecified atom stereocenters. The molecule has 0 aromatic carbocycles. The minimum atomic E-state index is -0.427. The lowest BCUT2D eigenvalue weighted by atomic mass is 10.1. The predicted molar refractivity (Wildman–Crippen MR) is 60.1 cm³/mol. The molecule has 1 atom stereocenters. The number of aliphatic hydroxyl groups excluding tert-OH is 1. The normalized spacial score (nSPS) is 13.3. The minimum absolute atomic E-state index is 0.427. The number of hydrogen-bond donors (Lipinski definition) is 2. The van der Waals surface area contributed by atoms with Crippen molar-refractivity contribution in [1.29, 1.82) is 0 Å². The summed E-state index contributed by atoms with van der Waals surface area (Å²) in [6.07, 6.45) is 0.194. The Hall–Kier alpha value is 0.100. The van der Waals surface area contributed by atoms with Crippen molar-refractivity contribution in [3.63, 3.8) is 0 Å². The van der Waals surface area contributed by atoms with Gasteiger partial charge in [0, 0.05) is 19.8 Å². The highest BCUT2D eigenvalue weighted by molar-refractivity contribution is 9.10. The SMILES string of the molecule is Cc1sc(C)c(C(O)CCN)c1Br. The zero-order valence-electron chi connectivity index (χ0n) is 7.80. The Labute approximate surface area is 90.9 Å². The van der Waals surface area contributed by atoms with Crippen LogP contribution in [-0.2, 0) is 0 Å². The van der Waals surface area contributed by atoms with Gasteiger partial charge in [0.15, 0.2) is 0 Å². The molecule has 0 aliphatic rings. The van der Waals surface area contributed by atoms with Crippen molar-refractivity contribution in [3.05, 3.63) is 19.8 Å². The molecule has 1 aromatic heterocycles. The maximum atomic E-state index is 9.79. The summed E-state index contributed by atoms with van der Waals surface area (Å²) in [5.41, 5.74) is 6.41. The van der Waals surface area contributed by atoms with Crippen molar-refractivity contribution in [2.75, 3.05) is 6.54 Å². The molecule has 1 heterocycles. The van der Waals surface area contributed by atoms with Crippen LogP contribution in [0.15, 0.2) is 4.47 Å². The van der Waals surface area contributed by atoms with E-state index in [0.717, 1.165) is 10.0 Å². The van der Waals surface area contributed by atoms with Crippen molar-refractivity contribution in [2.45, 2.75) is 26.4 Å². The third-order valence-electron chi connectivity index (χ3n) is 2.00. The van der Waals surface area contributed by atoms with Crippen LogP contribution in [0.5, 0.6) is 0 Å². The number of hydrogen-bond acceptors (Lipinski definition) is 3. The molecule has 3 N–H and O–H groups in total. The second kappa shape index (κ2) is 4.55. The van der Waals surface area contributed by atoms with Crippen LogP contribution in [0.4, 0.5) is 0 Å². The molecule has 0 aliphatic heterocycles. The highest BCUT2D eigenvalue weighted by atomic mass is 79.9. The van der Waals surface area contributed by atoms with Crippen LogP contribution in [0.3, 0.4) is 0 Å². The molecule has 0 bridgehead atoms. The number of thiophene rings is 1. The number of aryl methyl sites for hydroxylation is 2. The van der Waals surface area contributed by atoms with E-state index in [1.165, 1.54) is 9.75 Å². The van der Waals surface area contributed by atoms with Crippen molar-refractivity contribution in [1.82, 2.24) is 0 Å². The van der Waals surface area contributed by atoms with Gasteiger partial charge >= 0.3 is 0 Å². The van der Waals surface area contributed by atoms with Gasteiger partial charge in [0.05, 0.1) is 6.10 Å². The van der Waals surface area contributed by atoms with E-state index >= 15 is 0 Å². The van der Waals surface area contributed by atoms with Crippen molar-refractivity contribution in [2.24, 2.45) is 5.73 Å². The molecule has 0 radical (unpaired) electrons. The van der Waals surface area contributed by atoms with Crippen LogP contribution in [0.25, 0.3) is 0 Å². The van der Waals surface area contributed by atoms with Gasteiger partial charge in [0.25, 0.3) is 0 Å². The van der Waals surface area contributed by atoms with E-state index in [1.54, 1.807) is 11.3 Å². The third kappa shape index (κ3) is 2.31. The fraction of sp³-hybridized carbons (Fsp3) is 0.556. The molecule has 1 aromatic rings. The number of aliphatic hydroxyl groups is 1. The van der Waals surface area contributed by atoms with E-state index in [0.29, 0.717) is 13.0 Å². The monoisotopic (exact) mass is 263 g/mol. The topological polar surface area (TPSA) is 46.2 Å². The van der Waals surface area contributed by atoms with Gasteiger partial charge in [0.1, 0.15) is 0 Å². The predicted octanol–water partition coefficient (Wildman–Crippen LogP) is 2.51. The summed E-state index contributed by atoms with van der Waals surface area (Å²) in [6.45, 7) is 4.58. The van der Waals surface area contributed by atoms with Gasteiger partial charge in [-0.25, -0.2) is 0 Å². The van der Waals surface area contributed by atoms with Crippen LogP contribution in [-0.4, -0.2) is 11.7 Å². The smallest absolute Gasteiger partial charge is 0.0823 e. The van der Waals surface area contributed by atoms with Gasteiger partial charge in [-0.1, -0.05) is 0 Å². The first-order valence-corrected chi connectivity index (χ1v) is 5.82. The van der Waals surface area contributed by atoms with Crippen molar-refractivity contribution in [3.8, 4) is 0 Å². The fourth-order valence-electron chi connectivity index (χ4n) is 1.36. The zero-order chi connectivity index (χ0) is 10.0. The highest BCUT2D eigenvalue weighted by Gasteiger charge is 2.17. The lowest BCUT2D eigenvalue weighted by Crippen LogP contribution is -2.07. The molecule has 13 heavy (non-hydrogen) atoms. The molecule has 0 spiro atoms. The Balaban J connectivity index is 2.98. The first-order valence-electron chi connectivity index (χ1n) is 4.21. The average molecular weight is 264 g/mol. The molecule has 0 amide bonds. The molecule has 2 nitrogen and oxygen atoms in total. The van der Waals surface area contributed by atoms with E-state index in [1.807, 2.05) is 13.8 Å². The van der Waals surface area contributed by atoms with Gasteiger partial charge < -0.3 is 10.8 Å². The fourth-order valence-corrected chi connectivity index (χ4v) is 3.30. The number of rotatable bonds is 3. The Morgan fingerprint density at radius 3 is 2.46 bits per heavy atom. The summed E-state index contributed by atoms with van der Waals surface area (Å²) >= 11 is 5.18. The largest absolute Gasteiger partial charge is 0.388 e. The van der Waals surface area contributed by atoms with Crippen LogP contribution < -0.4 is 5.73 Å². The summed E-state index contributed by atoms with van der Waals surface area (Å²) < 4.78 is 1.04. The maximum absolute atomic E-state index is 9.79. The second-order valence-electron chi connectivity index (χ2n) is 3.04. The summed E-state index contributed by atoms with van der Waals surface area (Å²) in [5, 5.41) is 9.79. The van der Waals surface area contributed by atoms with E-state index in [4.69, 9.17) is 5.73 Å². The third-order valence-corrected chi connectivity index (χ3v) is 4.33. The molecule has 0 fully saturated rings. The second-order valence-corrected chi connectivity index (χ2v) is 5.26. The Bertz CT molecular complexity index is 298. The summed E-state index contributed by atoms with van der Waals surface area (Å²) in [7, 11) is 0. The summed E-state index contributed by atoms with van der Waals surface area (Å²) in [5.74, 6) is 0. The van der Waals surface area contributed by atoms with Gasteiger partial charge in [-0.05, 0) is 42.7 Å². The first kappa shape index (κ1) is 11.2. The van der Waals surface area contributed by atoms with E-state index in [-0.39, 0.29) is 0 Å². The lowest BCUT2D eigenvalue weighted by Gasteiger charge is -2.09. The molecule has 4 heteroatoms. The van der Waals surface area contributed by atoms with Crippen LogP contribution in [0.2, 0.25) is 0 Å². The number of nitrogens with two attached hydrogens (primary N) is 1. The Morgan fingerprint density at radius 1 is 1.46 bits per heavy atom. The molecule has 0 aliphatic carbocycles. The molecular formula is C9H14BrNOS. The zero-order valence-corrected chi connectivity index (χ0v) is 10.2. The first-order chi connectivity index (χ1) is 6.07. The molecule has 0 saturated carbocycles. The minimum Gasteiger partial charge on any atom is -0.388 e. The Morgan fingerprint density at radius 2 is 2.08 bits per heavy atom. The van der Waals surface area contributed by atoms with Crippen molar-refractivity contribution < 1.29 is 5.11 Å². The average Bonchev–Trinajstić information content (AvgIpc) is 2.27. The standard InChI is InChI=1S/C9H14BrNOS/c1-5-8(7(12)3-4-11)9(10)6(2)13-5/h7,12H,3-4,11H2,1-2H3. The molecule has 0 saturated heterocycles. The summed E-state index contributed by atoms with van der Waals surface area (Å²) in [6, 6.07) is 0. The molecule has 74 valence electrons. The Kier molecular flexibility index (Phi) is 3.91. The van der Waals surface area contributed by atoms with Crippen LogP contribution in [0.1, 0.15) is 27.8 Å². The lowest BCUT2D eigenvalue weighted by molar-refractivity contribution is 0.169. The summed E-state index contributed by atoms with van der Waals surface area (Å²) in [4.78, 5) is 2.38. The van der Waals surface area contributed by atoms with E-state index in [2.05, 4.69) is 15.9 Å². The van der Waals surface area contributed by atoms with Crippen LogP contribution >= 0.6 is 27.3 Å². The van der Waals surface area contributed by atoms with Gasteiger partial charge in [-0.3, -0.25) is 0 Å². The van der Waals surface area contributed by atoms with E-state index < -0.39 is 6.10 Å². The maximum Gasteiger partial charge on any atom is 0.0823 e. The van der Waals surface area contributed by atoms with Crippen molar-refractivity contribution >= 4 is 27.3 Å². The van der Waals surface area contributed by atoms with Crippen LogP contribution in [0, 0.1) is 13.8 Å². The van der Waals surface area contributed by atoms with Gasteiger partial charge in [-0.2, -0.15) is 0 Å². The van der Waals surface area contributed by atoms with E-state index in [9.17, 15) is 5.11 Å². The van der Waals surface area contributed by atoms with Gasteiger partial charge in [0.2, 0.25) is 0 Å². The number of halogens is 1. The van der Waals surface area contributed by atoms with Gasteiger partial charge in [-0.15, -0.1) is 11.3 Å². The highest BCUT2D eigenvalue weighted by Crippen LogP contribution is 2.36. The quantitative estimate of drug-likeness (QED) is 0.881.